The lowest BCUT2D eigenvalue weighted by molar-refractivity contribution is 0.100. The van der Waals surface area contributed by atoms with Crippen LogP contribution in [0.15, 0.2) is 18.2 Å². The molecular weight excluding hydrogens is 262 g/mol. The summed E-state index contributed by atoms with van der Waals surface area (Å²) >= 11 is 0. The molecule has 1 heterocycles. The summed E-state index contributed by atoms with van der Waals surface area (Å²) < 4.78 is 43.3. The number of hydrogen-bond acceptors (Lipinski definition) is 2. The van der Waals surface area contributed by atoms with E-state index >= 15 is 0 Å². The van der Waals surface area contributed by atoms with E-state index in [9.17, 15) is 4.79 Å². The van der Waals surface area contributed by atoms with Gasteiger partial charge < -0.3 is 16.0 Å². The predicted molar refractivity (Wildman–Crippen MR) is 85.4 cm³/mol. The molecule has 0 aliphatic heterocycles. The third-order valence-electron chi connectivity index (χ3n) is 3.63. The standard InChI is InChI=1S/C17H23N3O/c1-9(2)19-15-8-13-12-7-11(17(18)21)4-5-14(12)20-16(13)6-10(15)3/h4-5,7,9-10,15,19-20H,6,8H2,1-3H3,(H2,18,21)/t10?,15-/m0/s1/i6D2,8D2,10D. The van der Waals surface area contributed by atoms with Crippen molar-refractivity contribution in [1.82, 2.24) is 10.3 Å². The van der Waals surface area contributed by atoms with Crippen molar-refractivity contribution in [2.24, 2.45) is 11.6 Å². The van der Waals surface area contributed by atoms with Crippen LogP contribution in [0.5, 0.6) is 0 Å². The number of benzene rings is 1. The lowest BCUT2D eigenvalue weighted by atomic mass is 9.83. The number of aromatic nitrogens is 1. The number of hydrogen-bond donors (Lipinski definition) is 3. The van der Waals surface area contributed by atoms with Crippen molar-refractivity contribution < 1.29 is 11.6 Å². The molecule has 1 aliphatic rings. The number of H-pyrrole nitrogens is 1. The summed E-state index contributed by atoms with van der Waals surface area (Å²) in [5, 5.41) is 3.46. The van der Waals surface area contributed by atoms with Gasteiger partial charge in [0.15, 0.2) is 0 Å². The van der Waals surface area contributed by atoms with Crippen LogP contribution in [0, 0.1) is 5.89 Å². The maximum atomic E-state index is 11.5. The SMILES string of the molecule is [2H]C1([2H])c2c([nH]c3ccc(C(N)=O)cc23)C([2H])([2H])C([2H])(C)[C@H]1NC(C)C. The highest BCUT2D eigenvalue weighted by Gasteiger charge is 2.28. The number of rotatable bonds is 3. The van der Waals surface area contributed by atoms with Gasteiger partial charge in [-0.2, -0.15) is 0 Å². The zero-order valence-electron chi connectivity index (χ0n) is 17.4. The van der Waals surface area contributed by atoms with Gasteiger partial charge in [-0.05, 0) is 42.4 Å². The number of nitrogens with two attached hydrogens (primary N) is 1. The van der Waals surface area contributed by atoms with E-state index in [0.29, 0.717) is 10.9 Å². The number of primary amides is 1. The summed E-state index contributed by atoms with van der Waals surface area (Å²) in [6, 6.07) is 3.37. The van der Waals surface area contributed by atoms with Gasteiger partial charge in [0.05, 0.1) is 0 Å². The molecule has 2 atom stereocenters. The molecule has 112 valence electrons. The van der Waals surface area contributed by atoms with Crippen LogP contribution in [-0.4, -0.2) is 23.0 Å². The Labute approximate surface area is 132 Å². The smallest absolute Gasteiger partial charge is 0.248 e. The van der Waals surface area contributed by atoms with Crippen LogP contribution in [-0.2, 0) is 12.7 Å². The Bertz CT molecular complexity index is 888. The molecule has 1 unspecified atom stereocenters. The predicted octanol–water partition coefficient (Wildman–Crippen LogP) is 2.37. The minimum absolute atomic E-state index is 0.0402. The normalized spacial score (nSPS) is 33.5. The molecule has 0 saturated carbocycles. The fraction of sp³-hybridized carbons (Fsp3) is 0.471. The molecule has 0 fully saturated rings. The van der Waals surface area contributed by atoms with Crippen molar-refractivity contribution in [1.29, 1.82) is 0 Å². The van der Waals surface area contributed by atoms with Crippen LogP contribution in [0.3, 0.4) is 0 Å². The molecule has 2 aromatic rings. The third-order valence-corrected chi connectivity index (χ3v) is 3.63. The number of amides is 1. The van der Waals surface area contributed by atoms with E-state index < -0.39 is 30.6 Å². The topological polar surface area (TPSA) is 70.9 Å². The minimum atomic E-state index is -2.13. The monoisotopic (exact) mass is 290 g/mol. The van der Waals surface area contributed by atoms with Crippen LogP contribution in [0.4, 0.5) is 0 Å². The van der Waals surface area contributed by atoms with Crippen LogP contribution in [0.2, 0.25) is 0 Å². The fourth-order valence-corrected chi connectivity index (χ4v) is 2.61. The molecule has 0 radical (unpaired) electrons. The van der Waals surface area contributed by atoms with Crippen molar-refractivity contribution >= 4 is 16.8 Å². The van der Waals surface area contributed by atoms with E-state index in [1.54, 1.807) is 6.07 Å². The van der Waals surface area contributed by atoms with Crippen molar-refractivity contribution in [2.45, 2.75) is 45.6 Å². The van der Waals surface area contributed by atoms with Crippen LogP contribution in [0.1, 0.15) is 49.2 Å². The number of aromatic amines is 1. The van der Waals surface area contributed by atoms with Gasteiger partial charge in [-0.15, -0.1) is 0 Å². The number of carbonyl (C=O) groups is 1. The zero-order chi connectivity index (χ0) is 19.7. The van der Waals surface area contributed by atoms with Gasteiger partial charge in [0.1, 0.15) is 0 Å². The lowest BCUT2D eigenvalue weighted by Crippen LogP contribution is -2.43. The van der Waals surface area contributed by atoms with Crippen molar-refractivity contribution in [2.75, 3.05) is 0 Å². The molecule has 0 bridgehead atoms. The quantitative estimate of drug-likeness (QED) is 0.812. The Balaban J connectivity index is 2.37. The van der Waals surface area contributed by atoms with Gasteiger partial charge in [0.25, 0.3) is 0 Å². The minimum Gasteiger partial charge on any atom is -0.366 e. The highest BCUT2D eigenvalue weighted by Crippen LogP contribution is 2.32. The third kappa shape index (κ3) is 2.56. The van der Waals surface area contributed by atoms with E-state index in [-0.39, 0.29) is 22.9 Å². The van der Waals surface area contributed by atoms with Crippen LogP contribution in [0.25, 0.3) is 10.9 Å². The largest absolute Gasteiger partial charge is 0.366 e. The first kappa shape index (κ1) is 9.26. The Morgan fingerprint density at radius 1 is 1.52 bits per heavy atom. The van der Waals surface area contributed by atoms with Gasteiger partial charge >= 0.3 is 0 Å². The molecule has 0 saturated heterocycles. The second-order valence-electron chi connectivity index (χ2n) is 5.71. The first-order chi connectivity index (χ1) is 11.8. The Kier molecular flexibility index (Phi) is 2.29. The molecule has 1 amide bonds. The Hall–Kier alpha value is -1.81. The first-order valence-corrected chi connectivity index (χ1v) is 7.04. The molecule has 4 heteroatoms. The van der Waals surface area contributed by atoms with Crippen molar-refractivity contribution in [3.63, 3.8) is 0 Å². The molecule has 0 spiro atoms. The van der Waals surface area contributed by atoms with E-state index in [1.807, 2.05) is 13.8 Å². The summed E-state index contributed by atoms with van der Waals surface area (Å²) in [7, 11) is 0. The van der Waals surface area contributed by atoms with Crippen molar-refractivity contribution in [3.8, 4) is 0 Å². The maximum absolute atomic E-state index is 11.5. The average molecular weight is 290 g/mol. The molecular formula is C17H23N3O. The molecule has 3 rings (SSSR count). The second-order valence-corrected chi connectivity index (χ2v) is 5.71. The first-order valence-electron chi connectivity index (χ1n) is 9.54. The van der Waals surface area contributed by atoms with E-state index in [0.717, 1.165) is 0 Å². The summed E-state index contributed by atoms with van der Waals surface area (Å²) in [6.45, 7) is 5.07. The summed E-state index contributed by atoms with van der Waals surface area (Å²) in [6.07, 6.45) is -4.16. The van der Waals surface area contributed by atoms with Crippen LogP contribution >= 0.6 is 0 Å². The second kappa shape index (κ2) is 5.19. The molecule has 1 aromatic heterocycles. The highest BCUT2D eigenvalue weighted by molar-refractivity contribution is 5.98. The molecule has 4 N–H and O–H groups in total. The van der Waals surface area contributed by atoms with Crippen molar-refractivity contribution in [3.05, 3.63) is 35.0 Å². The molecule has 21 heavy (non-hydrogen) atoms. The average Bonchev–Trinajstić information content (AvgIpc) is 2.90. The Morgan fingerprint density at radius 3 is 2.95 bits per heavy atom. The van der Waals surface area contributed by atoms with Gasteiger partial charge in [0.2, 0.25) is 5.91 Å². The van der Waals surface area contributed by atoms with Gasteiger partial charge in [-0.1, -0.05) is 20.8 Å². The number of carbonyl (C=O) groups excluding carboxylic acids is 1. The zero-order valence-corrected chi connectivity index (χ0v) is 12.4. The number of fused-ring (bicyclic) bond motifs is 3. The van der Waals surface area contributed by atoms with Gasteiger partial charge in [0, 0.05) is 41.1 Å². The van der Waals surface area contributed by atoms with Gasteiger partial charge in [-0.3, -0.25) is 4.79 Å². The maximum Gasteiger partial charge on any atom is 0.248 e. The summed E-state index contributed by atoms with van der Waals surface area (Å²) in [4.78, 5) is 14.5. The molecule has 4 nitrogen and oxygen atoms in total. The summed E-state index contributed by atoms with van der Waals surface area (Å²) in [5.74, 6) is -2.40. The molecule has 1 aromatic carbocycles. The number of nitrogens with one attached hydrogen (secondary N) is 2. The van der Waals surface area contributed by atoms with E-state index in [4.69, 9.17) is 12.6 Å². The molecule has 1 aliphatic carbocycles. The van der Waals surface area contributed by atoms with E-state index in [1.165, 1.54) is 19.1 Å². The van der Waals surface area contributed by atoms with Gasteiger partial charge in [-0.25, -0.2) is 0 Å². The highest BCUT2D eigenvalue weighted by atomic mass is 16.1. The van der Waals surface area contributed by atoms with E-state index in [2.05, 4.69) is 10.3 Å². The summed E-state index contributed by atoms with van der Waals surface area (Å²) in [5.41, 5.74) is 6.26. The fourth-order valence-electron chi connectivity index (χ4n) is 2.61. The Morgan fingerprint density at radius 2 is 2.29 bits per heavy atom. The lowest BCUT2D eigenvalue weighted by Gasteiger charge is -2.31. The van der Waals surface area contributed by atoms with Crippen LogP contribution < -0.4 is 11.1 Å².